The average Bonchev–Trinajstić information content (AvgIpc) is 2.40. The first-order valence-electron chi connectivity index (χ1n) is 5.68. The van der Waals surface area contributed by atoms with Crippen LogP contribution in [-0.2, 0) is 4.79 Å². The van der Waals surface area contributed by atoms with E-state index in [1.54, 1.807) is 4.90 Å². The SMILES string of the molecule is O=C1CNc2ccccc2N1c1ccccc1Br. The largest absolute Gasteiger partial charge is 0.374 e. The number of halogens is 1. The topological polar surface area (TPSA) is 32.3 Å². The highest BCUT2D eigenvalue weighted by molar-refractivity contribution is 9.10. The summed E-state index contributed by atoms with van der Waals surface area (Å²) in [6.45, 7) is 0.318. The molecule has 0 unspecified atom stereocenters. The van der Waals surface area contributed by atoms with Crippen molar-refractivity contribution in [2.45, 2.75) is 0 Å². The van der Waals surface area contributed by atoms with Gasteiger partial charge in [-0.25, -0.2) is 0 Å². The van der Waals surface area contributed by atoms with Crippen LogP contribution in [-0.4, -0.2) is 12.5 Å². The number of rotatable bonds is 1. The van der Waals surface area contributed by atoms with E-state index in [1.165, 1.54) is 0 Å². The molecule has 0 bridgehead atoms. The van der Waals surface area contributed by atoms with Crippen LogP contribution in [0.25, 0.3) is 0 Å². The van der Waals surface area contributed by atoms with Crippen LogP contribution in [0.2, 0.25) is 0 Å². The third-order valence-corrected chi connectivity index (χ3v) is 3.59. The van der Waals surface area contributed by atoms with Crippen LogP contribution in [0, 0.1) is 0 Å². The van der Waals surface area contributed by atoms with Crippen LogP contribution in [0.1, 0.15) is 0 Å². The Morgan fingerprint density at radius 1 is 1.00 bits per heavy atom. The van der Waals surface area contributed by atoms with Crippen LogP contribution in [0.5, 0.6) is 0 Å². The quantitative estimate of drug-likeness (QED) is 0.874. The Bertz CT molecular complexity index is 612. The van der Waals surface area contributed by atoms with E-state index in [0.29, 0.717) is 6.54 Å². The van der Waals surface area contributed by atoms with Gasteiger partial charge in [0.25, 0.3) is 5.91 Å². The molecule has 0 spiro atoms. The molecule has 90 valence electrons. The summed E-state index contributed by atoms with van der Waals surface area (Å²) in [5.41, 5.74) is 2.74. The number of fused-ring (bicyclic) bond motifs is 1. The second-order valence-electron chi connectivity index (χ2n) is 4.05. The molecule has 2 aromatic rings. The highest BCUT2D eigenvalue weighted by Crippen LogP contribution is 2.38. The zero-order chi connectivity index (χ0) is 12.5. The molecule has 1 heterocycles. The Kier molecular flexibility index (Phi) is 2.80. The molecule has 0 saturated heterocycles. The summed E-state index contributed by atoms with van der Waals surface area (Å²) in [6, 6.07) is 15.6. The molecule has 3 nitrogen and oxygen atoms in total. The van der Waals surface area contributed by atoms with Gasteiger partial charge in [0, 0.05) is 4.47 Å². The number of para-hydroxylation sites is 3. The number of carbonyl (C=O) groups excluding carboxylic acids is 1. The number of hydrogen-bond acceptors (Lipinski definition) is 2. The first kappa shape index (κ1) is 11.3. The van der Waals surface area contributed by atoms with Crippen molar-refractivity contribution in [3.8, 4) is 0 Å². The standard InChI is InChI=1S/C14H11BrN2O/c15-10-5-1-3-7-12(10)17-13-8-4-2-6-11(13)16-9-14(17)18/h1-8,16H,9H2. The fourth-order valence-electron chi connectivity index (χ4n) is 2.10. The fraction of sp³-hybridized carbons (Fsp3) is 0.0714. The molecular weight excluding hydrogens is 292 g/mol. The Labute approximate surface area is 114 Å². The molecule has 0 saturated carbocycles. The van der Waals surface area contributed by atoms with E-state index in [-0.39, 0.29) is 5.91 Å². The van der Waals surface area contributed by atoms with Gasteiger partial charge in [0.2, 0.25) is 0 Å². The van der Waals surface area contributed by atoms with Crippen molar-refractivity contribution in [3.05, 3.63) is 53.0 Å². The summed E-state index contributed by atoms with van der Waals surface area (Å²) in [4.78, 5) is 13.9. The molecule has 0 atom stereocenters. The van der Waals surface area contributed by atoms with Crippen LogP contribution < -0.4 is 10.2 Å². The van der Waals surface area contributed by atoms with Gasteiger partial charge in [0.05, 0.1) is 23.6 Å². The van der Waals surface area contributed by atoms with Crippen molar-refractivity contribution in [1.82, 2.24) is 0 Å². The van der Waals surface area contributed by atoms with Crippen molar-refractivity contribution >= 4 is 38.9 Å². The van der Waals surface area contributed by atoms with Crippen LogP contribution in [0.3, 0.4) is 0 Å². The van der Waals surface area contributed by atoms with E-state index < -0.39 is 0 Å². The van der Waals surface area contributed by atoms with E-state index in [1.807, 2.05) is 48.5 Å². The van der Waals surface area contributed by atoms with Crippen LogP contribution >= 0.6 is 15.9 Å². The molecule has 2 aromatic carbocycles. The fourth-order valence-corrected chi connectivity index (χ4v) is 2.56. The Balaban J connectivity index is 2.17. The molecule has 0 aliphatic carbocycles. The van der Waals surface area contributed by atoms with Gasteiger partial charge in [0.1, 0.15) is 0 Å². The second kappa shape index (κ2) is 4.46. The molecule has 3 rings (SSSR count). The summed E-state index contributed by atoms with van der Waals surface area (Å²) in [6.07, 6.45) is 0. The third kappa shape index (κ3) is 1.78. The van der Waals surface area contributed by atoms with Crippen molar-refractivity contribution in [2.24, 2.45) is 0 Å². The number of nitrogens with one attached hydrogen (secondary N) is 1. The van der Waals surface area contributed by atoms with Crippen molar-refractivity contribution < 1.29 is 4.79 Å². The summed E-state index contributed by atoms with van der Waals surface area (Å²) < 4.78 is 0.912. The minimum atomic E-state index is 0.0422. The predicted molar refractivity (Wildman–Crippen MR) is 76.2 cm³/mol. The van der Waals surface area contributed by atoms with Gasteiger partial charge < -0.3 is 5.32 Å². The first-order valence-corrected chi connectivity index (χ1v) is 6.47. The lowest BCUT2D eigenvalue weighted by molar-refractivity contribution is -0.116. The van der Waals surface area contributed by atoms with Gasteiger partial charge in [-0.15, -0.1) is 0 Å². The lowest BCUT2D eigenvalue weighted by Crippen LogP contribution is -2.36. The summed E-state index contributed by atoms with van der Waals surface area (Å²) in [5, 5.41) is 3.13. The maximum absolute atomic E-state index is 12.2. The number of carbonyl (C=O) groups is 1. The monoisotopic (exact) mass is 302 g/mol. The maximum Gasteiger partial charge on any atom is 0.250 e. The van der Waals surface area contributed by atoms with E-state index in [2.05, 4.69) is 21.2 Å². The molecule has 1 aliphatic rings. The minimum Gasteiger partial charge on any atom is -0.374 e. The molecule has 4 heteroatoms. The second-order valence-corrected chi connectivity index (χ2v) is 4.91. The zero-order valence-corrected chi connectivity index (χ0v) is 11.1. The molecule has 1 aliphatic heterocycles. The summed E-state index contributed by atoms with van der Waals surface area (Å²) >= 11 is 3.50. The molecule has 1 amide bonds. The number of hydrogen-bond donors (Lipinski definition) is 1. The van der Waals surface area contributed by atoms with Crippen molar-refractivity contribution in [1.29, 1.82) is 0 Å². The van der Waals surface area contributed by atoms with E-state index in [9.17, 15) is 4.79 Å². The molecule has 0 fully saturated rings. The lowest BCUT2D eigenvalue weighted by Gasteiger charge is -2.30. The summed E-state index contributed by atoms with van der Waals surface area (Å²) in [5.74, 6) is 0.0422. The van der Waals surface area contributed by atoms with Crippen molar-refractivity contribution in [2.75, 3.05) is 16.8 Å². The van der Waals surface area contributed by atoms with Gasteiger partial charge in [0.15, 0.2) is 0 Å². The Morgan fingerprint density at radius 2 is 1.67 bits per heavy atom. The van der Waals surface area contributed by atoms with Gasteiger partial charge in [-0.1, -0.05) is 24.3 Å². The Hall–Kier alpha value is -1.81. The minimum absolute atomic E-state index is 0.0422. The predicted octanol–water partition coefficient (Wildman–Crippen LogP) is 3.54. The number of benzene rings is 2. The smallest absolute Gasteiger partial charge is 0.250 e. The number of anilines is 3. The van der Waals surface area contributed by atoms with Gasteiger partial charge in [-0.2, -0.15) is 0 Å². The zero-order valence-electron chi connectivity index (χ0n) is 9.56. The number of nitrogens with zero attached hydrogens (tertiary/aromatic N) is 1. The first-order chi connectivity index (χ1) is 8.77. The molecule has 1 N–H and O–H groups in total. The van der Waals surface area contributed by atoms with Crippen LogP contribution in [0.4, 0.5) is 17.1 Å². The van der Waals surface area contributed by atoms with Gasteiger partial charge in [-0.3, -0.25) is 9.69 Å². The molecular formula is C14H11BrN2O. The van der Waals surface area contributed by atoms with Gasteiger partial charge in [-0.05, 0) is 40.2 Å². The molecule has 18 heavy (non-hydrogen) atoms. The molecule has 0 aromatic heterocycles. The number of amides is 1. The molecule has 0 radical (unpaired) electrons. The normalized spacial score (nSPS) is 14.1. The maximum atomic E-state index is 12.2. The highest BCUT2D eigenvalue weighted by Gasteiger charge is 2.25. The van der Waals surface area contributed by atoms with Crippen molar-refractivity contribution in [3.63, 3.8) is 0 Å². The van der Waals surface area contributed by atoms with Crippen LogP contribution in [0.15, 0.2) is 53.0 Å². The van der Waals surface area contributed by atoms with E-state index in [0.717, 1.165) is 21.5 Å². The Morgan fingerprint density at radius 3 is 2.44 bits per heavy atom. The lowest BCUT2D eigenvalue weighted by atomic mass is 10.1. The summed E-state index contributed by atoms with van der Waals surface area (Å²) in [7, 11) is 0. The van der Waals surface area contributed by atoms with E-state index >= 15 is 0 Å². The average molecular weight is 303 g/mol. The third-order valence-electron chi connectivity index (χ3n) is 2.92. The van der Waals surface area contributed by atoms with Gasteiger partial charge >= 0.3 is 0 Å². The highest BCUT2D eigenvalue weighted by atomic mass is 79.9. The van der Waals surface area contributed by atoms with E-state index in [4.69, 9.17) is 0 Å².